The summed E-state index contributed by atoms with van der Waals surface area (Å²) in [7, 11) is -3.81. The molecule has 0 saturated carbocycles. The van der Waals surface area contributed by atoms with Crippen molar-refractivity contribution in [2.24, 2.45) is 0 Å². The van der Waals surface area contributed by atoms with Gasteiger partial charge in [0, 0.05) is 13.1 Å². The lowest BCUT2D eigenvalue weighted by Crippen LogP contribution is -2.33. The molecule has 20 heavy (non-hydrogen) atoms. The molecule has 0 aliphatic carbocycles. The zero-order valence-corrected chi connectivity index (χ0v) is 12.4. The Kier molecular flexibility index (Phi) is 6.62. The Morgan fingerprint density at radius 2 is 2.10 bits per heavy atom. The monoisotopic (exact) mass is 304 g/mol. The minimum atomic E-state index is -3.81. The number of aromatic amines is 1. The number of ether oxygens (including phenoxy) is 1. The standard InChI is InChI=1S/C11H20N4O4S/c1-3-5-12-6-7-14-20(17,18)10-9(8-13-15-10)11(16)19-4-2/h8,12,14H,3-7H2,1-2H3,(H,13,15). The molecule has 1 aromatic heterocycles. The molecule has 0 atom stereocenters. The van der Waals surface area contributed by atoms with E-state index in [1.807, 2.05) is 6.92 Å². The third kappa shape index (κ3) is 4.58. The summed E-state index contributed by atoms with van der Waals surface area (Å²) in [5, 5.41) is 8.70. The van der Waals surface area contributed by atoms with E-state index in [0.717, 1.165) is 19.2 Å². The summed E-state index contributed by atoms with van der Waals surface area (Å²) >= 11 is 0. The van der Waals surface area contributed by atoms with Gasteiger partial charge < -0.3 is 10.1 Å². The Morgan fingerprint density at radius 1 is 1.35 bits per heavy atom. The van der Waals surface area contributed by atoms with Gasteiger partial charge in [0.2, 0.25) is 0 Å². The molecule has 0 bridgehead atoms. The molecule has 0 aliphatic heterocycles. The molecule has 0 amide bonds. The molecule has 0 saturated heterocycles. The van der Waals surface area contributed by atoms with Crippen LogP contribution in [0.3, 0.4) is 0 Å². The van der Waals surface area contributed by atoms with Crippen LogP contribution in [0.4, 0.5) is 0 Å². The second-order valence-electron chi connectivity index (χ2n) is 3.98. The predicted octanol–water partition coefficient (Wildman–Crippen LogP) is -0.136. The maximum atomic E-state index is 12.0. The molecule has 0 radical (unpaired) electrons. The van der Waals surface area contributed by atoms with Gasteiger partial charge in [-0.15, -0.1) is 0 Å². The first-order valence-electron chi connectivity index (χ1n) is 6.43. The van der Waals surface area contributed by atoms with E-state index in [9.17, 15) is 13.2 Å². The largest absolute Gasteiger partial charge is 0.462 e. The fraction of sp³-hybridized carbons (Fsp3) is 0.636. The van der Waals surface area contributed by atoms with Crippen LogP contribution < -0.4 is 10.0 Å². The molecule has 3 N–H and O–H groups in total. The summed E-state index contributed by atoms with van der Waals surface area (Å²) in [5.74, 6) is -0.717. The van der Waals surface area contributed by atoms with Crippen molar-refractivity contribution in [2.75, 3.05) is 26.2 Å². The average Bonchev–Trinajstić information content (AvgIpc) is 2.89. The van der Waals surface area contributed by atoms with Crippen molar-refractivity contribution >= 4 is 16.0 Å². The van der Waals surface area contributed by atoms with Crippen LogP contribution in [0.25, 0.3) is 0 Å². The van der Waals surface area contributed by atoms with E-state index in [-0.39, 0.29) is 23.7 Å². The third-order valence-corrected chi connectivity index (χ3v) is 3.82. The van der Waals surface area contributed by atoms with Crippen molar-refractivity contribution < 1.29 is 17.9 Å². The first-order chi connectivity index (χ1) is 9.53. The number of carbonyl (C=O) groups excluding carboxylic acids is 1. The van der Waals surface area contributed by atoms with Crippen LogP contribution in [-0.2, 0) is 14.8 Å². The minimum absolute atomic E-state index is 0.0964. The molecule has 0 aliphatic rings. The van der Waals surface area contributed by atoms with E-state index in [0.29, 0.717) is 6.54 Å². The molecule has 0 aromatic carbocycles. The van der Waals surface area contributed by atoms with E-state index in [4.69, 9.17) is 4.74 Å². The molecule has 0 unspecified atom stereocenters. The van der Waals surface area contributed by atoms with Crippen LogP contribution in [0.2, 0.25) is 0 Å². The number of H-pyrrole nitrogens is 1. The van der Waals surface area contributed by atoms with Crippen LogP contribution in [-0.4, -0.2) is 50.8 Å². The molecule has 0 fully saturated rings. The van der Waals surface area contributed by atoms with Gasteiger partial charge in [-0.1, -0.05) is 6.92 Å². The molecular weight excluding hydrogens is 284 g/mol. The fourth-order valence-corrected chi connectivity index (χ4v) is 2.59. The summed E-state index contributed by atoms with van der Waals surface area (Å²) in [4.78, 5) is 11.6. The first kappa shape index (κ1) is 16.6. The summed E-state index contributed by atoms with van der Waals surface area (Å²) in [6.07, 6.45) is 2.11. The lowest BCUT2D eigenvalue weighted by Gasteiger charge is -2.07. The van der Waals surface area contributed by atoms with E-state index in [1.54, 1.807) is 6.92 Å². The molecule has 9 heteroatoms. The number of sulfonamides is 1. The highest BCUT2D eigenvalue weighted by molar-refractivity contribution is 7.89. The maximum absolute atomic E-state index is 12.0. The van der Waals surface area contributed by atoms with Crippen molar-refractivity contribution in [3.8, 4) is 0 Å². The van der Waals surface area contributed by atoms with Gasteiger partial charge in [0.15, 0.2) is 5.03 Å². The summed E-state index contributed by atoms with van der Waals surface area (Å²) in [5.41, 5.74) is -0.0964. The topological polar surface area (TPSA) is 113 Å². The van der Waals surface area contributed by atoms with Gasteiger partial charge in [0.25, 0.3) is 10.0 Å². The first-order valence-corrected chi connectivity index (χ1v) is 7.92. The number of nitrogens with zero attached hydrogens (tertiary/aromatic N) is 1. The van der Waals surface area contributed by atoms with E-state index >= 15 is 0 Å². The van der Waals surface area contributed by atoms with E-state index < -0.39 is 16.0 Å². The van der Waals surface area contributed by atoms with Crippen molar-refractivity contribution in [3.05, 3.63) is 11.8 Å². The van der Waals surface area contributed by atoms with E-state index in [2.05, 4.69) is 20.2 Å². The second kappa shape index (κ2) is 7.98. The molecule has 1 rings (SSSR count). The second-order valence-corrected chi connectivity index (χ2v) is 5.68. The molecule has 1 aromatic rings. The van der Waals surface area contributed by atoms with Crippen molar-refractivity contribution in [2.45, 2.75) is 25.3 Å². The van der Waals surface area contributed by atoms with E-state index in [1.165, 1.54) is 0 Å². The quantitative estimate of drug-likeness (QED) is 0.432. The Morgan fingerprint density at radius 3 is 2.75 bits per heavy atom. The molecular formula is C11H20N4O4S. The number of carbonyl (C=O) groups is 1. The number of hydrogen-bond donors (Lipinski definition) is 3. The van der Waals surface area contributed by atoms with Gasteiger partial charge in [-0.3, -0.25) is 5.10 Å². The maximum Gasteiger partial charge on any atom is 0.342 e. The molecule has 0 spiro atoms. The number of esters is 1. The highest BCUT2D eigenvalue weighted by atomic mass is 32.2. The van der Waals surface area contributed by atoms with Gasteiger partial charge in [-0.25, -0.2) is 17.9 Å². The SMILES string of the molecule is CCCNCCNS(=O)(=O)c1[nH]ncc1C(=O)OCC. The summed E-state index contributed by atoms with van der Waals surface area (Å²) in [6, 6.07) is 0. The smallest absolute Gasteiger partial charge is 0.342 e. The highest BCUT2D eigenvalue weighted by Gasteiger charge is 2.25. The predicted molar refractivity (Wildman–Crippen MR) is 72.9 cm³/mol. The fourth-order valence-electron chi connectivity index (χ4n) is 1.48. The molecule has 8 nitrogen and oxygen atoms in total. The Bertz CT molecular complexity index is 526. The Labute approximate surface area is 118 Å². The lowest BCUT2D eigenvalue weighted by molar-refractivity contribution is 0.0522. The Balaban J connectivity index is 2.68. The normalized spacial score (nSPS) is 11.5. The molecule has 114 valence electrons. The van der Waals surface area contributed by atoms with Crippen LogP contribution >= 0.6 is 0 Å². The number of aromatic nitrogens is 2. The Hall–Kier alpha value is -1.45. The zero-order valence-electron chi connectivity index (χ0n) is 11.6. The minimum Gasteiger partial charge on any atom is -0.462 e. The third-order valence-electron chi connectivity index (χ3n) is 2.39. The van der Waals surface area contributed by atoms with Crippen molar-refractivity contribution in [1.29, 1.82) is 0 Å². The molecule has 1 heterocycles. The number of nitrogens with one attached hydrogen (secondary N) is 3. The lowest BCUT2D eigenvalue weighted by atomic mass is 10.4. The average molecular weight is 304 g/mol. The van der Waals surface area contributed by atoms with Gasteiger partial charge in [-0.05, 0) is 19.9 Å². The van der Waals surface area contributed by atoms with Gasteiger partial charge in [-0.2, -0.15) is 5.10 Å². The van der Waals surface area contributed by atoms with Gasteiger partial charge in [0.05, 0.1) is 12.8 Å². The van der Waals surface area contributed by atoms with Crippen molar-refractivity contribution in [1.82, 2.24) is 20.2 Å². The highest BCUT2D eigenvalue weighted by Crippen LogP contribution is 2.12. The van der Waals surface area contributed by atoms with Crippen LogP contribution in [0.5, 0.6) is 0 Å². The van der Waals surface area contributed by atoms with Gasteiger partial charge in [0.1, 0.15) is 5.56 Å². The number of hydrogen-bond acceptors (Lipinski definition) is 6. The van der Waals surface area contributed by atoms with Crippen LogP contribution in [0.15, 0.2) is 11.2 Å². The van der Waals surface area contributed by atoms with Crippen LogP contribution in [0, 0.1) is 0 Å². The van der Waals surface area contributed by atoms with Gasteiger partial charge >= 0.3 is 5.97 Å². The zero-order chi connectivity index (χ0) is 15.0. The summed E-state index contributed by atoms with van der Waals surface area (Å²) in [6.45, 7) is 5.38. The summed E-state index contributed by atoms with van der Waals surface area (Å²) < 4.78 is 31.2. The van der Waals surface area contributed by atoms with Crippen molar-refractivity contribution in [3.63, 3.8) is 0 Å². The number of rotatable bonds is 9. The van der Waals surface area contributed by atoms with Crippen LogP contribution in [0.1, 0.15) is 30.6 Å².